The molecule has 23 heavy (non-hydrogen) atoms. The van der Waals surface area contributed by atoms with E-state index in [0.29, 0.717) is 23.4 Å². The van der Waals surface area contributed by atoms with Crippen LogP contribution in [0, 0.1) is 5.82 Å². The Morgan fingerprint density at radius 1 is 1.17 bits per heavy atom. The number of benzene rings is 1. The van der Waals surface area contributed by atoms with Crippen LogP contribution in [-0.2, 0) is 6.54 Å². The first-order chi connectivity index (χ1) is 11.3. The van der Waals surface area contributed by atoms with Gasteiger partial charge in [0.1, 0.15) is 16.6 Å². The zero-order valence-corrected chi connectivity index (χ0v) is 12.8. The van der Waals surface area contributed by atoms with Gasteiger partial charge in [-0.25, -0.2) is 14.4 Å². The molecule has 0 aliphatic heterocycles. The third-order valence-electron chi connectivity index (χ3n) is 3.41. The van der Waals surface area contributed by atoms with Gasteiger partial charge in [0.25, 0.3) is 0 Å². The lowest BCUT2D eigenvalue weighted by Gasteiger charge is -2.10. The van der Waals surface area contributed by atoms with Crippen molar-refractivity contribution in [1.29, 1.82) is 0 Å². The first-order valence-corrected chi connectivity index (χ1v) is 7.91. The summed E-state index contributed by atoms with van der Waals surface area (Å²) in [5.41, 5.74) is 1.69. The lowest BCUT2D eigenvalue weighted by molar-refractivity contribution is 0.630. The van der Waals surface area contributed by atoms with E-state index in [1.165, 1.54) is 6.07 Å². The molecule has 0 amide bonds. The van der Waals surface area contributed by atoms with Gasteiger partial charge >= 0.3 is 0 Å². The molecule has 4 rings (SSSR count). The van der Waals surface area contributed by atoms with Crippen LogP contribution in [0.5, 0.6) is 0 Å². The molecule has 0 aliphatic rings. The fourth-order valence-electron chi connectivity index (χ4n) is 2.35. The number of aromatic nitrogens is 4. The highest BCUT2D eigenvalue weighted by atomic mass is 32.1. The number of fused-ring (bicyclic) bond motifs is 1. The molecule has 0 aliphatic carbocycles. The Balaban J connectivity index is 1.77. The molecule has 1 N–H and O–H groups in total. The van der Waals surface area contributed by atoms with Crippen LogP contribution in [0.2, 0.25) is 0 Å². The van der Waals surface area contributed by atoms with Gasteiger partial charge in [0.15, 0.2) is 5.65 Å². The lowest BCUT2D eigenvalue weighted by Crippen LogP contribution is -2.06. The normalized spacial score (nSPS) is 11.0. The largest absolute Gasteiger partial charge is 0.363 e. The summed E-state index contributed by atoms with van der Waals surface area (Å²) in [6, 6.07) is 10.2. The Kier molecular flexibility index (Phi) is 3.47. The van der Waals surface area contributed by atoms with Gasteiger partial charge in [-0.2, -0.15) is 9.61 Å². The van der Waals surface area contributed by atoms with Crippen molar-refractivity contribution in [2.24, 2.45) is 0 Å². The zero-order valence-electron chi connectivity index (χ0n) is 12.0. The van der Waals surface area contributed by atoms with Crippen LogP contribution in [0.15, 0.2) is 54.2 Å². The van der Waals surface area contributed by atoms with Gasteiger partial charge in [-0.05, 0) is 12.1 Å². The number of nitrogens with one attached hydrogen (secondary N) is 1. The van der Waals surface area contributed by atoms with E-state index in [2.05, 4.69) is 20.4 Å². The Morgan fingerprint density at radius 2 is 2.09 bits per heavy atom. The van der Waals surface area contributed by atoms with Crippen LogP contribution in [0.4, 0.5) is 10.2 Å². The van der Waals surface area contributed by atoms with Crippen molar-refractivity contribution in [2.45, 2.75) is 6.54 Å². The van der Waals surface area contributed by atoms with E-state index in [0.717, 1.165) is 10.8 Å². The Hall–Kier alpha value is -2.80. The standard InChI is InChI=1S/C16H12FN5S/c17-12-4-2-1-3-11(12)13-9-15(19-10-16-18-7-8-23-16)22-14(21-13)5-6-20-22/h1-9,19H,10H2. The maximum Gasteiger partial charge on any atom is 0.157 e. The van der Waals surface area contributed by atoms with Crippen LogP contribution < -0.4 is 5.32 Å². The fraction of sp³-hybridized carbons (Fsp3) is 0.0625. The summed E-state index contributed by atoms with van der Waals surface area (Å²) in [5, 5.41) is 10.4. The van der Waals surface area contributed by atoms with Crippen LogP contribution in [0.25, 0.3) is 16.9 Å². The Morgan fingerprint density at radius 3 is 2.91 bits per heavy atom. The number of anilines is 1. The van der Waals surface area contributed by atoms with E-state index >= 15 is 0 Å². The minimum Gasteiger partial charge on any atom is -0.363 e. The molecule has 0 fully saturated rings. The topological polar surface area (TPSA) is 55.1 Å². The van der Waals surface area contributed by atoms with E-state index in [1.54, 1.807) is 58.6 Å². The molecule has 1 aromatic carbocycles. The number of nitrogens with zero attached hydrogens (tertiary/aromatic N) is 4. The third kappa shape index (κ3) is 2.66. The molecule has 0 radical (unpaired) electrons. The van der Waals surface area contributed by atoms with E-state index < -0.39 is 0 Å². The monoisotopic (exact) mass is 325 g/mol. The zero-order chi connectivity index (χ0) is 15.6. The van der Waals surface area contributed by atoms with Crippen LogP contribution in [0.3, 0.4) is 0 Å². The van der Waals surface area contributed by atoms with Crippen molar-refractivity contribution in [3.63, 3.8) is 0 Å². The number of hydrogen-bond acceptors (Lipinski definition) is 5. The summed E-state index contributed by atoms with van der Waals surface area (Å²) in [5.74, 6) is 0.447. The summed E-state index contributed by atoms with van der Waals surface area (Å²) in [4.78, 5) is 8.72. The quantitative estimate of drug-likeness (QED) is 0.623. The van der Waals surface area contributed by atoms with Gasteiger partial charge < -0.3 is 5.32 Å². The molecule has 0 saturated heterocycles. The van der Waals surface area contributed by atoms with Crippen molar-refractivity contribution >= 4 is 22.8 Å². The third-order valence-corrected chi connectivity index (χ3v) is 4.19. The molecule has 0 atom stereocenters. The first kappa shape index (κ1) is 13.8. The summed E-state index contributed by atoms with van der Waals surface area (Å²) < 4.78 is 15.7. The first-order valence-electron chi connectivity index (χ1n) is 7.03. The molecule has 0 spiro atoms. The minimum absolute atomic E-state index is 0.297. The highest BCUT2D eigenvalue weighted by molar-refractivity contribution is 7.09. The van der Waals surface area contributed by atoms with Crippen molar-refractivity contribution in [2.75, 3.05) is 5.32 Å². The second-order valence-corrected chi connectivity index (χ2v) is 5.87. The fourth-order valence-corrected chi connectivity index (χ4v) is 2.91. The van der Waals surface area contributed by atoms with Gasteiger partial charge in [-0.3, -0.25) is 0 Å². The predicted molar refractivity (Wildman–Crippen MR) is 87.8 cm³/mol. The summed E-state index contributed by atoms with van der Waals surface area (Å²) in [6.45, 7) is 0.577. The number of hydrogen-bond donors (Lipinski definition) is 1. The molecule has 0 unspecified atom stereocenters. The van der Waals surface area contributed by atoms with Crippen LogP contribution in [0.1, 0.15) is 5.01 Å². The number of rotatable bonds is 4. The maximum absolute atomic E-state index is 14.1. The molecular weight excluding hydrogens is 313 g/mol. The molecule has 7 heteroatoms. The highest BCUT2D eigenvalue weighted by Gasteiger charge is 2.11. The minimum atomic E-state index is -0.297. The highest BCUT2D eigenvalue weighted by Crippen LogP contribution is 2.24. The molecular formula is C16H12FN5S. The molecule has 4 aromatic rings. The Bertz CT molecular complexity index is 948. The average Bonchev–Trinajstić information content (AvgIpc) is 3.24. The van der Waals surface area contributed by atoms with Gasteiger partial charge in [0.2, 0.25) is 0 Å². The van der Waals surface area contributed by atoms with Crippen molar-refractivity contribution < 1.29 is 4.39 Å². The summed E-state index contributed by atoms with van der Waals surface area (Å²) in [6.07, 6.45) is 3.44. The van der Waals surface area contributed by atoms with E-state index in [1.807, 2.05) is 5.38 Å². The summed E-state index contributed by atoms with van der Waals surface area (Å²) in [7, 11) is 0. The molecule has 3 aromatic heterocycles. The van der Waals surface area contributed by atoms with Gasteiger partial charge in [-0.15, -0.1) is 11.3 Å². The van der Waals surface area contributed by atoms with E-state index in [4.69, 9.17) is 0 Å². The SMILES string of the molecule is Fc1ccccc1-c1cc(NCc2nccs2)n2nccc2n1. The molecule has 3 heterocycles. The van der Waals surface area contributed by atoms with E-state index in [-0.39, 0.29) is 5.82 Å². The molecule has 114 valence electrons. The summed E-state index contributed by atoms with van der Waals surface area (Å²) >= 11 is 1.57. The second kappa shape index (κ2) is 5.77. The van der Waals surface area contributed by atoms with Crippen LogP contribution >= 0.6 is 11.3 Å². The van der Waals surface area contributed by atoms with Gasteiger partial charge in [0.05, 0.1) is 18.4 Å². The smallest absolute Gasteiger partial charge is 0.157 e. The van der Waals surface area contributed by atoms with Crippen molar-refractivity contribution in [3.8, 4) is 11.3 Å². The molecule has 0 saturated carbocycles. The number of thiazole rings is 1. The molecule has 5 nitrogen and oxygen atoms in total. The van der Waals surface area contributed by atoms with Crippen LogP contribution in [-0.4, -0.2) is 19.6 Å². The predicted octanol–water partition coefficient (Wildman–Crippen LogP) is 3.60. The number of halogens is 1. The Labute approximate surface area is 135 Å². The van der Waals surface area contributed by atoms with Crippen molar-refractivity contribution in [3.05, 3.63) is 65.0 Å². The second-order valence-electron chi connectivity index (χ2n) is 4.89. The van der Waals surface area contributed by atoms with E-state index in [9.17, 15) is 4.39 Å². The average molecular weight is 325 g/mol. The van der Waals surface area contributed by atoms with Gasteiger partial charge in [0, 0.05) is 29.3 Å². The lowest BCUT2D eigenvalue weighted by atomic mass is 10.1. The van der Waals surface area contributed by atoms with Gasteiger partial charge in [-0.1, -0.05) is 12.1 Å². The van der Waals surface area contributed by atoms with Crippen molar-refractivity contribution in [1.82, 2.24) is 19.6 Å². The maximum atomic E-state index is 14.1. The molecule has 0 bridgehead atoms.